The van der Waals surface area contributed by atoms with Gasteiger partial charge in [0.2, 0.25) is 0 Å². The molecule has 1 aromatic carbocycles. The van der Waals surface area contributed by atoms with Gasteiger partial charge in [-0.3, -0.25) is 4.79 Å². The standard InChI is InChI=1S/C13H19NO3/c1-2-3-8-14-12(13(16)17)9-10-4-6-11(15)7-5-10/h4-7,12,14-15H,2-3,8-9H2,1H3,(H,16,17). The summed E-state index contributed by atoms with van der Waals surface area (Å²) in [6.07, 6.45) is 2.44. The number of hydrogen-bond donors (Lipinski definition) is 3. The molecular formula is C13H19NO3. The summed E-state index contributed by atoms with van der Waals surface area (Å²) in [5, 5.41) is 21.2. The quantitative estimate of drug-likeness (QED) is 0.632. The van der Waals surface area contributed by atoms with Crippen LogP contribution in [0.1, 0.15) is 25.3 Å². The summed E-state index contributed by atoms with van der Waals surface area (Å²) in [4.78, 5) is 11.1. The van der Waals surface area contributed by atoms with Gasteiger partial charge in [-0.15, -0.1) is 0 Å². The number of nitrogens with one attached hydrogen (secondary N) is 1. The Bertz CT molecular complexity index is 348. The van der Waals surface area contributed by atoms with E-state index in [4.69, 9.17) is 10.2 Å². The average molecular weight is 237 g/mol. The van der Waals surface area contributed by atoms with Crippen molar-refractivity contribution in [3.05, 3.63) is 29.8 Å². The molecule has 0 saturated heterocycles. The number of carboxylic acid groups (broad SMARTS) is 1. The van der Waals surface area contributed by atoms with Crippen LogP contribution in [0.25, 0.3) is 0 Å². The first-order valence-electron chi connectivity index (χ1n) is 5.87. The number of phenols is 1. The molecule has 1 unspecified atom stereocenters. The maximum absolute atomic E-state index is 11.1. The number of carbonyl (C=O) groups is 1. The van der Waals surface area contributed by atoms with E-state index in [-0.39, 0.29) is 5.75 Å². The lowest BCUT2D eigenvalue weighted by Crippen LogP contribution is -2.39. The van der Waals surface area contributed by atoms with Crippen LogP contribution in [0.15, 0.2) is 24.3 Å². The summed E-state index contributed by atoms with van der Waals surface area (Å²) in [7, 11) is 0. The molecule has 1 aromatic rings. The minimum absolute atomic E-state index is 0.194. The van der Waals surface area contributed by atoms with E-state index in [1.54, 1.807) is 24.3 Å². The maximum Gasteiger partial charge on any atom is 0.321 e. The molecule has 17 heavy (non-hydrogen) atoms. The molecule has 1 rings (SSSR count). The highest BCUT2D eigenvalue weighted by molar-refractivity contribution is 5.73. The number of benzene rings is 1. The van der Waals surface area contributed by atoms with Crippen LogP contribution in [-0.2, 0) is 11.2 Å². The second-order valence-corrected chi connectivity index (χ2v) is 4.07. The summed E-state index contributed by atoms with van der Waals surface area (Å²) >= 11 is 0. The van der Waals surface area contributed by atoms with Gasteiger partial charge in [-0.25, -0.2) is 0 Å². The molecule has 0 aliphatic carbocycles. The highest BCUT2D eigenvalue weighted by Crippen LogP contribution is 2.11. The highest BCUT2D eigenvalue weighted by atomic mass is 16.4. The SMILES string of the molecule is CCCCNC(Cc1ccc(O)cc1)C(=O)O. The zero-order chi connectivity index (χ0) is 12.7. The predicted octanol–water partition coefficient (Wildman–Crippen LogP) is 1.78. The Kier molecular flexibility index (Phi) is 5.49. The minimum Gasteiger partial charge on any atom is -0.508 e. The van der Waals surface area contributed by atoms with Crippen LogP contribution in [-0.4, -0.2) is 28.8 Å². The number of rotatable bonds is 7. The van der Waals surface area contributed by atoms with E-state index in [1.165, 1.54) is 0 Å². The number of unbranched alkanes of at least 4 members (excludes halogenated alkanes) is 1. The maximum atomic E-state index is 11.1. The summed E-state index contributed by atoms with van der Waals surface area (Å²) in [5.74, 6) is -0.645. The fourth-order valence-corrected chi connectivity index (χ4v) is 1.57. The predicted molar refractivity (Wildman–Crippen MR) is 66.1 cm³/mol. The molecule has 0 fully saturated rings. The fraction of sp³-hybridized carbons (Fsp3) is 0.462. The second-order valence-electron chi connectivity index (χ2n) is 4.07. The Balaban J connectivity index is 2.54. The first kappa shape index (κ1) is 13.5. The zero-order valence-corrected chi connectivity index (χ0v) is 10.0. The van der Waals surface area contributed by atoms with Gasteiger partial charge < -0.3 is 15.5 Å². The average Bonchev–Trinajstić information content (AvgIpc) is 2.30. The summed E-state index contributed by atoms with van der Waals surface area (Å²) in [5.41, 5.74) is 0.902. The van der Waals surface area contributed by atoms with E-state index in [0.29, 0.717) is 13.0 Å². The normalized spacial score (nSPS) is 12.3. The summed E-state index contributed by atoms with van der Waals surface area (Å²) in [6.45, 7) is 2.78. The molecular weight excluding hydrogens is 218 g/mol. The van der Waals surface area contributed by atoms with E-state index < -0.39 is 12.0 Å². The molecule has 0 heterocycles. The van der Waals surface area contributed by atoms with E-state index in [1.807, 2.05) is 0 Å². The molecule has 0 aliphatic rings. The van der Waals surface area contributed by atoms with Gasteiger partial charge >= 0.3 is 5.97 Å². The lowest BCUT2D eigenvalue weighted by Gasteiger charge is -2.14. The molecule has 4 heteroatoms. The molecule has 0 saturated carbocycles. The van der Waals surface area contributed by atoms with Gasteiger partial charge in [0.15, 0.2) is 0 Å². The van der Waals surface area contributed by atoms with E-state index in [2.05, 4.69) is 12.2 Å². The van der Waals surface area contributed by atoms with Gasteiger partial charge in [0, 0.05) is 0 Å². The smallest absolute Gasteiger partial charge is 0.321 e. The number of hydrogen-bond acceptors (Lipinski definition) is 3. The van der Waals surface area contributed by atoms with Crippen molar-refractivity contribution in [2.75, 3.05) is 6.54 Å². The monoisotopic (exact) mass is 237 g/mol. The van der Waals surface area contributed by atoms with Gasteiger partial charge in [0.1, 0.15) is 11.8 Å². The molecule has 0 radical (unpaired) electrons. The van der Waals surface area contributed by atoms with Gasteiger partial charge in [-0.2, -0.15) is 0 Å². The van der Waals surface area contributed by atoms with Gasteiger partial charge in [0.25, 0.3) is 0 Å². The largest absolute Gasteiger partial charge is 0.508 e. The Morgan fingerprint density at radius 2 is 2.00 bits per heavy atom. The fourth-order valence-electron chi connectivity index (χ4n) is 1.57. The van der Waals surface area contributed by atoms with Crippen LogP contribution in [0.5, 0.6) is 5.75 Å². The van der Waals surface area contributed by atoms with Crippen LogP contribution in [0, 0.1) is 0 Å². The lowest BCUT2D eigenvalue weighted by molar-refractivity contribution is -0.139. The Morgan fingerprint density at radius 1 is 1.35 bits per heavy atom. The van der Waals surface area contributed by atoms with Crippen molar-refractivity contribution in [3.8, 4) is 5.75 Å². The van der Waals surface area contributed by atoms with Crippen LogP contribution in [0.2, 0.25) is 0 Å². The Morgan fingerprint density at radius 3 is 2.53 bits per heavy atom. The molecule has 94 valence electrons. The van der Waals surface area contributed by atoms with Gasteiger partial charge in [-0.05, 0) is 37.1 Å². The third-order valence-corrected chi connectivity index (χ3v) is 2.60. The van der Waals surface area contributed by atoms with Crippen LogP contribution in [0.3, 0.4) is 0 Å². The summed E-state index contributed by atoms with van der Waals surface area (Å²) in [6, 6.07) is 6.06. The molecule has 0 bridgehead atoms. The van der Waals surface area contributed by atoms with E-state index in [9.17, 15) is 4.79 Å². The minimum atomic E-state index is -0.839. The van der Waals surface area contributed by atoms with Gasteiger partial charge in [-0.1, -0.05) is 25.5 Å². The molecule has 0 aliphatic heterocycles. The van der Waals surface area contributed by atoms with Crippen LogP contribution in [0.4, 0.5) is 0 Å². The third-order valence-electron chi connectivity index (χ3n) is 2.60. The Hall–Kier alpha value is -1.55. The third kappa shape index (κ3) is 4.87. The van der Waals surface area contributed by atoms with Crippen molar-refractivity contribution in [2.45, 2.75) is 32.2 Å². The molecule has 1 atom stereocenters. The number of aliphatic carboxylic acids is 1. The first-order chi connectivity index (χ1) is 8.13. The lowest BCUT2D eigenvalue weighted by atomic mass is 10.1. The summed E-state index contributed by atoms with van der Waals surface area (Å²) < 4.78 is 0. The number of aromatic hydroxyl groups is 1. The second kappa shape index (κ2) is 6.91. The zero-order valence-electron chi connectivity index (χ0n) is 10.0. The van der Waals surface area contributed by atoms with Crippen molar-refractivity contribution < 1.29 is 15.0 Å². The van der Waals surface area contributed by atoms with Crippen LogP contribution >= 0.6 is 0 Å². The van der Waals surface area contributed by atoms with Crippen molar-refractivity contribution >= 4 is 5.97 Å². The molecule has 0 spiro atoms. The Labute approximate surface area is 101 Å². The number of phenolic OH excluding ortho intramolecular Hbond substituents is 1. The van der Waals surface area contributed by atoms with E-state index in [0.717, 1.165) is 18.4 Å². The number of carboxylic acids is 1. The van der Waals surface area contributed by atoms with Crippen molar-refractivity contribution in [2.24, 2.45) is 0 Å². The van der Waals surface area contributed by atoms with Crippen molar-refractivity contribution in [3.63, 3.8) is 0 Å². The van der Waals surface area contributed by atoms with Gasteiger partial charge in [0.05, 0.1) is 0 Å². The van der Waals surface area contributed by atoms with Crippen molar-refractivity contribution in [1.29, 1.82) is 0 Å². The molecule has 4 nitrogen and oxygen atoms in total. The van der Waals surface area contributed by atoms with E-state index >= 15 is 0 Å². The topological polar surface area (TPSA) is 69.6 Å². The highest BCUT2D eigenvalue weighted by Gasteiger charge is 2.16. The van der Waals surface area contributed by atoms with Crippen LogP contribution < -0.4 is 5.32 Å². The molecule has 0 aromatic heterocycles. The molecule has 0 amide bonds. The first-order valence-corrected chi connectivity index (χ1v) is 5.87. The molecule has 3 N–H and O–H groups in total. The van der Waals surface area contributed by atoms with Crippen molar-refractivity contribution in [1.82, 2.24) is 5.32 Å².